The fourth-order valence-electron chi connectivity index (χ4n) is 11.1. The molecule has 6 aromatic rings. The predicted molar refractivity (Wildman–Crippen MR) is 309 cm³/mol. The van der Waals surface area contributed by atoms with Crippen LogP contribution in [0.1, 0.15) is 115 Å². The van der Waals surface area contributed by atoms with Gasteiger partial charge >= 0.3 is 32.1 Å². The van der Waals surface area contributed by atoms with Crippen molar-refractivity contribution in [3.63, 3.8) is 0 Å². The number of phosphoric acid groups is 1. The van der Waals surface area contributed by atoms with E-state index in [1.165, 1.54) is 40.7 Å². The van der Waals surface area contributed by atoms with Crippen LogP contribution in [0, 0.1) is 36.3 Å². The Hall–Kier alpha value is -8.00. The first kappa shape index (κ1) is 71.8. The van der Waals surface area contributed by atoms with Gasteiger partial charge in [0.15, 0.2) is 15.5 Å². The second-order valence-corrected chi connectivity index (χ2v) is 28.5. The Labute approximate surface area is 533 Å². The summed E-state index contributed by atoms with van der Waals surface area (Å²) in [7, 11) is -9.53. The normalized spacial score (nSPS) is 16.5. The molecule has 23 nitrogen and oxygen atoms in total. The maximum Gasteiger partial charge on any atom is 0.524 e. The number of hydrogen-bond donors (Lipinski definition) is 6. The van der Waals surface area contributed by atoms with E-state index in [1.807, 2.05) is 5.32 Å². The number of aliphatic carboxylic acids is 2. The van der Waals surface area contributed by atoms with Crippen molar-refractivity contribution >= 4 is 81.1 Å². The molecule has 3 amide bonds. The van der Waals surface area contributed by atoms with Gasteiger partial charge in [-0.05, 0) is 98.5 Å². The molecule has 0 radical (unpaired) electrons. The van der Waals surface area contributed by atoms with Gasteiger partial charge < -0.3 is 29.9 Å². The maximum absolute atomic E-state index is 15.8. The van der Waals surface area contributed by atoms with Gasteiger partial charge in [0.2, 0.25) is 17.7 Å². The highest BCUT2D eigenvalue weighted by molar-refractivity contribution is 7.92. The fourth-order valence-corrected chi connectivity index (χ4v) is 12.5. The smallest absolute Gasteiger partial charge is 0.524 e. The van der Waals surface area contributed by atoms with E-state index in [-0.39, 0.29) is 53.6 Å². The summed E-state index contributed by atoms with van der Waals surface area (Å²) >= 11 is 3.06. The molecule has 3 aromatic heterocycles. The lowest BCUT2D eigenvalue weighted by Gasteiger charge is -2.33. The minimum absolute atomic E-state index is 0.0611. The quantitative estimate of drug-likeness (QED) is 0.0152. The number of carboxylic acids is 2. The Bertz CT molecular complexity index is 4360. The molecule has 0 aliphatic heterocycles. The minimum atomic E-state index is -5.54. The average molecular weight is 1410 g/mol. The number of nitrogens with zero attached hydrogens (tertiary/aromatic N) is 6. The Morgan fingerprint density at radius 1 is 0.936 bits per heavy atom. The number of carbonyl (C=O) groups is 5. The van der Waals surface area contributed by atoms with Crippen LogP contribution in [0.25, 0.3) is 22.0 Å². The molecule has 37 heteroatoms. The molecule has 3 aromatic carbocycles. The van der Waals surface area contributed by atoms with Crippen molar-refractivity contribution in [2.24, 2.45) is 5.92 Å². The van der Waals surface area contributed by atoms with E-state index in [1.54, 1.807) is 0 Å². The summed E-state index contributed by atoms with van der Waals surface area (Å²) in [4.78, 5) is 89.9. The van der Waals surface area contributed by atoms with E-state index < -0.39 is 223 Å². The number of pyridine rings is 1. The predicted octanol–water partition coefficient (Wildman–Crippen LogP) is 8.15. The van der Waals surface area contributed by atoms with Gasteiger partial charge in [-0.25, -0.2) is 31.5 Å². The van der Waals surface area contributed by atoms with Gasteiger partial charge in [-0.3, -0.25) is 46.8 Å². The number of alkyl halides is 8. The van der Waals surface area contributed by atoms with Crippen molar-refractivity contribution < 1.29 is 114 Å². The molecule has 0 bridgehead atoms. The second-order valence-electron chi connectivity index (χ2n) is 23.5. The highest BCUT2D eigenvalue weighted by Crippen LogP contribution is 2.68. The number of rotatable bonds is 23. The van der Waals surface area contributed by atoms with Crippen LogP contribution >= 0.6 is 19.4 Å². The third kappa shape index (κ3) is 16.0. The lowest BCUT2D eigenvalue weighted by Crippen LogP contribution is -2.43. The van der Waals surface area contributed by atoms with Crippen molar-refractivity contribution in [3.05, 3.63) is 128 Å². The number of amides is 3. The molecule has 94 heavy (non-hydrogen) atoms. The number of halogens is 11. The zero-order valence-corrected chi connectivity index (χ0v) is 52.8. The summed E-state index contributed by atoms with van der Waals surface area (Å²) < 4.78 is 217. The molecular formula is C57H53ClF10N8O15PS2-. The van der Waals surface area contributed by atoms with Gasteiger partial charge in [-0.15, -0.1) is 0 Å². The van der Waals surface area contributed by atoms with Crippen molar-refractivity contribution in [2.45, 2.75) is 133 Å². The molecule has 0 saturated heterocycles. The topological polar surface area (TPSA) is 343 Å². The number of phosphoric ester groups is 1. The van der Waals surface area contributed by atoms with Gasteiger partial charge in [0, 0.05) is 57.7 Å². The van der Waals surface area contributed by atoms with E-state index in [2.05, 4.69) is 32.3 Å². The van der Waals surface area contributed by atoms with Crippen molar-refractivity contribution in [1.29, 1.82) is 0 Å². The van der Waals surface area contributed by atoms with Crippen LogP contribution in [0.15, 0.2) is 54.6 Å². The van der Waals surface area contributed by atoms with Crippen LogP contribution in [-0.2, 0) is 99.6 Å². The zero-order valence-electron chi connectivity index (χ0n) is 49.5. The largest absolute Gasteiger partial charge is 0.755 e. The van der Waals surface area contributed by atoms with Gasteiger partial charge in [-0.2, -0.15) is 45.3 Å². The summed E-state index contributed by atoms with van der Waals surface area (Å²) in [5.41, 5.74) is -9.40. The van der Waals surface area contributed by atoms with Gasteiger partial charge in [0.05, 0.1) is 58.6 Å². The number of nitrogens with one attached hydrogen (secondary N) is 2. The number of carboxylic acid groups (broad SMARTS) is 2. The van der Waals surface area contributed by atoms with Crippen molar-refractivity contribution in [2.75, 3.05) is 6.26 Å². The second kappa shape index (κ2) is 26.0. The maximum atomic E-state index is 15.8. The first-order valence-electron chi connectivity index (χ1n) is 27.5. The Kier molecular flexibility index (Phi) is 19.8. The third-order valence-electron chi connectivity index (χ3n) is 15.3. The van der Waals surface area contributed by atoms with Gasteiger partial charge in [0.1, 0.15) is 52.7 Å². The van der Waals surface area contributed by atoms with Gasteiger partial charge in [0.25, 0.3) is 5.92 Å². The van der Waals surface area contributed by atoms with Crippen LogP contribution in [0.4, 0.5) is 43.9 Å². The first-order valence-corrected chi connectivity index (χ1v) is 32.3. The summed E-state index contributed by atoms with van der Waals surface area (Å²) in [5, 5.41) is 29.6. The molecule has 0 spiro atoms. The highest BCUT2D eigenvalue weighted by atomic mass is 35.5. The molecule has 1 unspecified atom stereocenters. The molecule has 1 saturated carbocycles. The Morgan fingerprint density at radius 3 is 2.15 bits per heavy atom. The molecule has 6 N–H and O–H groups in total. The number of carbonyl (C=O) groups excluding carboxylic acids is 3. The monoisotopic (exact) mass is 1410 g/mol. The van der Waals surface area contributed by atoms with Crippen LogP contribution in [0.3, 0.4) is 0 Å². The number of hydrogen-bond acceptors (Lipinski definition) is 14. The van der Waals surface area contributed by atoms with Crippen LogP contribution in [0.5, 0.6) is 5.75 Å². The highest BCUT2D eigenvalue weighted by Gasteiger charge is 2.68. The molecule has 8 rings (SSSR count). The summed E-state index contributed by atoms with van der Waals surface area (Å²) in [6.07, 6.45) is -13.8. The summed E-state index contributed by atoms with van der Waals surface area (Å²) in [6.45, 7) is 1.49. The van der Waals surface area contributed by atoms with E-state index in [9.17, 15) is 92.1 Å². The Balaban J connectivity index is 1.27. The number of aryl methyl sites for hydroxylation is 1. The minimum Gasteiger partial charge on any atom is -0.755 e. The average Bonchev–Trinajstić information content (AvgIpc) is 1.52. The number of benzene rings is 3. The molecule has 3 heterocycles. The first-order chi connectivity index (χ1) is 43.2. The Morgan fingerprint density at radius 2 is 1.57 bits per heavy atom. The van der Waals surface area contributed by atoms with Crippen LogP contribution in [-0.4, -0.2) is 119 Å². The third-order valence-corrected chi connectivity index (χ3v) is 18.7. The van der Waals surface area contributed by atoms with E-state index >= 15 is 17.6 Å². The van der Waals surface area contributed by atoms with E-state index in [0.717, 1.165) is 48.7 Å². The lowest BCUT2D eigenvalue weighted by molar-refractivity contribution is -0.147. The van der Waals surface area contributed by atoms with E-state index in [4.69, 9.17) is 16.1 Å². The number of sulfone groups is 1. The number of fused-ring (bicyclic) bond motifs is 4. The SMILES string of the molecule is Cc1cc(CC(=O)N[C@@H](CC(=O)O)C(=O)O)c(C(C)(C)CC(=O)N(Cc2nn(CC(F)(F)F)c3c(-c4ccc(C#CC(C)(C)S(C)(=O)=O)nc4[C@H](Cc4cc(F)cc(F)c4)NC(=O)Cn4nc(C(F)(F)F)c5c4C(F)(F)[C@@H]4C[C@H]54)ccc(Cl)c23)S(=O)[O-])c(OP(=O)(O)O)c1. The van der Waals surface area contributed by atoms with Crippen molar-refractivity contribution in [3.8, 4) is 28.7 Å². The standard InChI is InChI=1S/C57H54ClF10N8O15PS2/c1-26-13-28(18-41(77)71-38(52(82)83)21-44(80)81)47(40(14-26)91-92(84,85)86)53(2,3)22-43(79)76(93(87)88)23-39-46-36(58)10-9-33(49(46)75(72-39)25-55(61,62)63)32-8-7-31(11-12-54(4,5)94(6,89)90)69-48(32)37(17-27-15-29(59)19-30(60)16-27)70-42(78)24-74-51-45(50(73-74)57(66,67)68)34-20-35(34)56(51,64)65/h7-10,13-16,19,34-35,37-38H,17-18,20-25H2,1-6H3,(H,70,78)(H,71,77)(H,80,81)(H,82,83)(H,87,88)(H2,84,85,86)/p-1/t34-,35+,37-,38-/m0/s1. The molecule has 1 fully saturated rings. The number of aromatic nitrogens is 5. The fraction of sp³-hybridized carbons (Fsp3) is 0.404. The van der Waals surface area contributed by atoms with Gasteiger partial charge in [-0.1, -0.05) is 43.5 Å². The molecular weight excluding hydrogens is 1360 g/mol. The lowest BCUT2D eigenvalue weighted by atomic mass is 9.77. The summed E-state index contributed by atoms with van der Waals surface area (Å²) in [6, 6.07) is 4.74. The molecule has 506 valence electrons. The zero-order chi connectivity index (χ0) is 70.1. The van der Waals surface area contributed by atoms with E-state index in [0.29, 0.717) is 6.07 Å². The van der Waals surface area contributed by atoms with Crippen LogP contribution < -0.4 is 15.2 Å². The molecule has 2 aliphatic rings. The van der Waals surface area contributed by atoms with Crippen LogP contribution in [0.2, 0.25) is 5.02 Å². The molecule has 5 atom stereocenters. The molecule has 2 aliphatic carbocycles. The van der Waals surface area contributed by atoms with Crippen molar-refractivity contribution in [1.82, 2.24) is 39.5 Å². The summed E-state index contributed by atoms with van der Waals surface area (Å²) in [5.74, 6) is -12.1.